The normalized spacial score (nSPS) is 16.3. The Labute approximate surface area is 151 Å². The summed E-state index contributed by atoms with van der Waals surface area (Å²) in [6, 6.07) is 17.7. The molecule has 1 fully saturated rings. The first-order valence-corrected chi connectivity index (χ1v) is 10.2. The Hall–Kier alpha value is -1.47. The predicted molar refractivity (Wildman–Crippen MR) is 109 cm³/mol. The molecular formula is C23H28S. The highest BCUT2D eigenvalue weighted by Gasteiger charge is 2.13. The van der Waals surface area contributed by atoms with Gasteiger partial charge in [0.1, 0.15) is 0 Å². The molecule has 3 rings (SSSR count). The zero-order chi connectivity index (χ0) is 16.8. The number of thioether (sulfide) groups is 1. The Balaban J connectivity index is 1.81. The van der Waals surface area contributed by atoms with Crippen LogP contribution in [0.25, 0.3) is 5.57 Å². The van der Waals surface area contributed by atoms with Crippen LogP contribution < -0.4 is 0 Å². The van der Waals surface area contributed by atoms with Gasteiger partial charge in [0.15, 0.2) is 0 Å². The minimum absolute atomic E-state index is 0.867. The van der Waals surface area contributed by atoms with Crippen LogP contribution in [0.1, 0.15) is 54.4 Å². The standard InChI is InChI=1S/C23H28S/c1-18-13-14-21(17-19(18)2)23(20-9-5-3-6-10-20)15-16-24-22-11-7-4-8-12-22/h3,5-6,9-10,13-15,17,22H,4,7-8,11-12,16H2,1-2H3/b23-15+. The predicted octanol–water partition coefficient (Wildman–Crippen LogP) is 6.80. The summed E-state index contributed by atoms with van der Waals surface area (Å²) in [5.41, 5.74) is 6.78. The summed E-state index contributed by atoms with van der Waals surface area (Å²) < 4.78 is 0. The van der Waals surface area contributed by atoms with Crippen molar-refractivity contribution >= 4 is 17.3 Å². The summed E-state index contributed by atoms with van der Waals surface area (Å²) in [5.74, 6) is 1.11. The molecule has 126 valence electrons. The molecule has 1 saturated carbocycles. The van der Waals surface area contributed by atoms with Crippen LogP contribution in [0.3, 0.4) is 0 Å². The van der Waals surface area contributed by atoms with Gasteiger partial charge in [-0.3, -0.25) is 0 Å². The fraction of sp³-hybridized carbons (Fsp3) is 0.391. The van der Waals surface area contributed by atoms with Crippen LogP contribution in [0.2, 0.25) is 0 Å². The highest BCUT2D eigenvalue weighted by Crippen LogP contribution is 2.30. The molecule has 0 saturated heterocycles. The summed E-state index contributed by atoms with van der Waals surface area (Å²) in [6.45, 7) is 4.39. The van der Waals surface area contributed by atoms with E-state index in [2.05, 4.69) is 80.2 Å². The quantitative estimate of drug-likeness (QED) is 0.578. The Morgan fingerprint density at radius 3 is 2.38 bits per heavy atom. The molecule has 2 aromatic carbocycles. The van der Waals surface area contributed by atoms with E-state index in [1.54, 1.807) is 0 Å². The van der Waals surface area contributed by atoms with E-state index in [0.29, 0.717) is 0 Å². The van der Waals surface area contributed by atoms with E-state index >= 15 is 0 Å². The number of hydrogen-bond donors (Lipinski definition) is 0. The lowest BCUT2D eigenvalue weighted by Gasteiger charge is -2.20. The number of aryl methyl sites for hydroxylation is 2. The van der Waals surface area contributed by atoms with Crippen molar-refractivity contribution in [2.24, 2.45) is 0 Å². The second-order valence-electron chi connectivity index (χ2n) is 6.88. The molecule has 0 unspecified atom stereocenters. The van der Waals surface area contributed by atoms with Gasteiger partial charge < -0.3 is 0 Å². The highest BCUT2D eigenvalue weighted by molar-refractivity contribution is 8.00. The topological polar surface area (TPSA) is 0 Å². The molecular weight excluding hydrogens is 308 g/mol. The fourth-order valence-electron chi connectivity index (χ4n) is 3.43. The number of hydrogen-bond acceptors (Lipinski definition) is 1. The molecule has 1 aliphatic rings. The Kier molecular flexibility index (Phi) is 6.20. The van der Waals surface area contributed by atoms with Gasteiger partial charge >= 0.3 is 0 Å². The third-order valence-corrected chi connectivity index (χ3v) is 6.38. The molecule has 1 heteroatoms. The van der Waals surface area contributed by atoms with Crippen molar-refractivity contribution in [3.05, 3.63) is 76.9 Å². The van der Waals surface area contributed by atoms with Crippen molar-refractivity contribution in [2.45, 2.75) is 51.2 Å². The molecule has 0 amide bonds. The maximum atomic E-state index is 2.44. The van der Waals surface area contributed by atoms with Crippen molar-refractivity contribution in [3.63, 3.8) is 0 Å². The molecule has 1 aliphatic carbocycles. The lowest BCUT2D eigenvalue weighted by atomic mass is 9.95. The highest BCUT2D eigenvalue weighted by atomic mass is 32.2. The van der Waals surface area contributed by atoms with Crippen LogP contribution in [-0.4, -0.2) is 11.0 Å². The molecule has 2 aromatic rings. The van der Waals surface area contributed by atoms with E-state index in [1.165, 1.54) is 59.9 Å². The van der Waals surface area contributed by atoms with Gasteiger partial charge in [0.2, 0.25) is 0 Å². The largest absolute Gasteiger partial charge is 0.154 e. The second-order valence-corrected chi connectivity index (χ2v) is 8.21. The van der Waals surface area contributed by atoms with Crippen LogP contribution in [0.4, 0.5) is 0 Å². The van der Waals surface area contributed by atoms with Crippen LogP contribution in [-0.2, 0) is 0 Å². The van der Waals surface area contributed by atoms with Crippen molar-refractivity contribution in [3.8, 4) is 0 Å². The summed E-state index contributed by atoms with van der Waals surface area (Å²) in [7, 11) is 0. The molecule has 0 spiro atoms. The minimum atomic E-state index is 0.867. The first-order valence-electron chi connectivity index (χ1n) is 9.19. The minimum Gasteiger partial charge on any atom is -0.154 e. The molecule has 0 aliphatic heterocycles. The number of rotatable bonds is 5. The Morgan fingerprint density at radius 1 is 0.917 bits per heavy atom. The lowest BCUT2D eigenvalue weighted by molar-refractivity contribution is 0.516. The molecule has 0 N–H and O–H groups in total. The molecule has 0 bridgehead atoms. The zero-order valence-corrected chi connectivity index (χ0v) is 15.7. The van der Waals surface area contributed by atoms with Crippen molar-refractivity contribution in [2.75, 3.05) is 5.75 Å². The molecule has 0 nitrogen and oxygen atoms in total. The van der Waals surface area contributed by atoms with E-state index in [0.717, 1.165) is 11.0 Å². The van der Waals surface area contributed by atoms with Crippen LogP contribution in [0.15, 0.2) is 54.6 Å². The average molecular weight is 337 g/mol. The van der Waals surface area contributed by atoms with Crippen LogP contribution in [0.5, 0.6) is 0 Å². The van der Waals surface area contributed by atoms with Crippen molar-refractivity contribution in [1.29, 1.82) is 0 Å². The van der Waals surface area contributed by atoms with Gasteiger partial charge in [-0.15, -0.1) is 0 Å². The summed E-state index contributed by atoms with van der Waals surface area (Å²) >= 11 is 2.15. The molecule has 24 heavy (non-hydrogen) atoms. The van der Waals surface area contributed by atoms with E-state index in [-0.39, 0.29) is 0 Å². The number of benzene rings is 2. The summed E-state index contributed by atoms with van der Waals surface area (Å²) in [6.07, 6.45) is 9.53. The van der Waals surface area contributed by atoms with Gasteiger partial charge in [0.25, 0.3) is 0 Å². The lowest BCUT2D eigenvalue weighted by Crippen LogP contribution is -2.08. The third kappa shape index (κ3) is 4.54. The zero-order valence-electron chi connectivity index (χ0n) is 14.9. The Morgan fingerprint density at radius 2 is 1.67 bits per heavy atom. The maximum absolute atomic E-state index is 2.44. The summed E-state index contributed by atoms with van der Waals surface area (Å²) in [4.78, 5) is 0. The van der Waals surface area contributed by atoms with Crippen LogP contribution in [0, 0.1) is 13.8 Å². The van der Waals surface area contributed by atoms with Gasteiger partial charge in [-0.2, -0.15) is 11.8 Å². The average Bonchev–Trinajstić information content (AvgIpc) is 2.63. The Bertz CT molecular complexity index is 678. The smallest absolute Gasteiger partial charge is 0.0125 e. The SMILES string of the molecule is Cc1ccc(/C(=C/CSC2CCCCC2)c2ccccc2)cc1C. The van der Waals surface area contributed by atoms with Crippen molar-refractivity contribution < 1.29 is 0 Å². The van der Waals surface area contributed by atoms with E-state index in [4.69, 9.17) is 0 Å². The van der Waals surface area contributed by atoms with Crippen LogP contribution >= 0.6 is 11.8 Å². The molecule has 0 radical (unpaired) electrons. The van der Waals surface area contributed by atoms with Gasteiger partial charge in [-0.1, -0.05) is 73.9 Å². The van der Waals surface area contributed by atoms with E-state index in [1.807, 2.05) is 0 Å². The molecule has 0 atom stereocenters. The monoisotopic (exact) mass is 336 g/mol. The van der Waals surface area contributed by atoms with Crippen molar-refractivity contribution in [1.82, 2.24) is 0 Å². The van der Waals surface area contributed by atoms with Gasteiger partial charge in [0.05, 0.1) is 0 Å². The fourth-order valence-corrected chi connectivity index (χ4v) is 4.63. The van der Waals surface area contributed by atoms with Gasteiger partial charge in [-0.25, -0.2) is 0 Å². The molecule has 0 heterocycles. The third-order valence-electron chi connectivity index (χ3n) is 5.07. The van der Waals surface area contributed by atoms with Gasteiger partial charge in [-0.05, 0) is 54.5 Å². The molecule has 0 aromatic heterocycles. The summed E-state index contributed by atoms with van der Waals surface area (Å²) in [5, 5.41) is 0.867. The first-order chi connectivity index (χ1) is 11.7. The second kappa shape index (κ2) is 8.58. The maximum Gasteiger partial charge on any atom is 0.0125 e. The first kappa shape index (κ1) is 17.4. The van der Waals surface area contributed by atoms with E-state index < -0.39 is 0 Å². The van der Waals surface area contributed by atoms with Gasteiger partial charge in [0, 0.05) is 11.0 Å². The van der Waals surface area contributed by atoms with E-state index in [9.17, 15) is 0 Å².